The van der Waals surface area contributed by atoms with Crippen molar-refractivity contribution in [1.29, 1.82) is 16.2 Å². The Kier molecular flexibility index (Phi) is 38.9. The van der Waals surface area contributed by atoms with Gasteiger partial charge in [-0.3, -0.25) is 38.4 Å². The van der Waals surface area contributed by atoms with Gasteiger partial charge in [-0.05, 0) is 65.7 Å². The number of ether oxygens (including phenoxy) is 4. The van der Waals surface area contributed by atoms with Crippen LogP contribution in [0.1, 0.15) is 133 Å². The number of carbonyl (C=O) groups is 8. The first kappa shape index (κ1) is 61.0. The van der Waals surface area contributed by atoms with E-state index in [9.17, 15) is 38.4 Å². The maximum Gasteiger partial charge on any atom is 0.306 e. The molecule has 330 valence electrons. The van der Waals surface area contributed by atoms with Gasteiger partial charge in [0.15, 0.2) is 0 Å². The zero-order valence-corrected chi connectivity index (χ0v) is 35.4. The molecule has 0 aromatic heterocycles. The zero-order valence-electron chi connectivity index (χ0n) is 35.4. The number of carbonyl (C=O) groups excluding carboxylic acids is 8. The van der Waals surface area contributed by atoms with Crippen molar-refractivity contribution in [2.75, 3.05) is 26.4 Å². The monoisotopic (exact) mass is 819 g/mol. The molecule has 0 aromatic rings. The van der Waals surface area contributed by atoms with Gasteiger partial charge in [0.25, 0.3) is 0 Å². The van der Waals surface area contributed by atoms with Crippen molar-refractivity contribution in [3.63, 3.8) is 0 Å². The molecule has 20 nitrogen and oxygen atoms in total. The highest BCUT2D eigenvalue weighted by atomic mass is 16.6. The number of hydrogen-bond acceptors (Lipinski definition) is 16. The van der Waals surface area contributed by atoms with Crippen molar-refractivity contribution in [3.8, 4) is 0 Å². The topological polar surface area (TPSA) is 375 Å². The highest BCUT2D eigenvalue weighted by Crippen LogP contribution is 2.33. The smallest absolute Gasteiger partial charge is 0.306 e. The summed E-state index contributed by atoms with van der Waals surface area (Å²) >= 11 is 0. The molecule has 0 unspecified atom stereocenters. The van der Waals surface area contributed by atoms with E-state index >= 15 is 0 Å². The van der Waals surface area contributed by atoms with Crippen molar-refractivity contribution >= 4 is 64.6 Å². The van der Waals surface area contributed by atoms with E-state index in [0.717, 1.165) is 0 Å². The number of amides is 4. The molecule has 0 heterocycles. The minimum atomic E-state index is -1.10. The number of esters is 4. The number of primary amides is 4. The molecule has 4 amide bonds. The predicted octanol–water partition coefficient (Wildman–Crippen LogP) is 2.26. The lowest BCUT2D eigenvalue weighted by Gasteiger charge is -2.38. The largest absolute Gasteiger partial charge is 0.466 e. The third kappa shape index (κ3) is 50.7. The van der Waals surface area contributed by atoms with E-state index in [0.29, 0.717) is 62.1 Å². The molecular weight excluding hydrogens is 748 g/mol. The Morgan fingerprint density at radius 2 is 0.667 bits per heavy atom. The van der Waals surface area contributed by atoms with Gasteiger partial charge in [0.2, 0.25) is 0 Å². The molecule has 57 heavy (non-hydrogen) atoms. The second-order valence-electron chi connectivity index (χ2n) is 13.7. The Balaban J connectivity index is -0.000000235. The molecule has 0 aromatic carbocycles. The van der Waals surface area contributed by atoms with Gasteiger partial charge in [-0.15, -0.1) is 0 Å². The molecule has 0 aliphatic rings. The summed E-state index contributed by atoms with van der Waals surface area (Å²) in [5.74, 6) is -5.66. The molecule has 0 bridgehead atoms. The lowest BCUT2D eigenvalue weighted by atomic mass is 9.72. The molecule has 0 saturated heterocycles. The molecule has 13 N–H and O–H groups in total. The first-order valence-corrected chi connectivity index (χ1v) is 18.3. The van der Waals surface area contributed by atoms with Crippen LogP contribution in [0.5, 0.6) is 0 Å². The second-order valence-corrected chi connectivity index (χ2v) is 13.7. The molecule has 0 fully saturated rings. The first-order chi connectivity index (χ1) is 26.1. The Hall–Kier alpha value is -5.27. The average molecular weight is 819 g/mol. The maximum atomic E-state index is 11.7. The second kappa shape index (κ2) is 36.4. The van der Waals surface area contributed by atoms with Crippen LogP contribution < -0.4 is 28.7 Å². The Bertz CT molecular complexity index is 1220. The third-order valence-electron chi connectivity index (χ3n) is 6.93. The quantitative estimate of drug-likeness (QED) is 0.0271. The van der Waals surface area contributed by atoms with Gasteiger partial charge in [-0.1, -0.05) is 34.1 Å². The van der Waals surface area contributed by atoms with Crippen LogP contribution in [0.2, 0.25) is 0 Å². The summed E-state index contributed by atoms with van der Waals surface area (Å²) in [6, 6.07) is 0. The summed E-state index contributed by atoms with van der Waals surface area (Å²) in [7, 11) is 0. The van der Waals surface area contributed by atoms with Crippen molar-refractivity contribution in [2.45, 2.75) is 138 Å². The van der Waals surface area contributed by atoms with E-state index in [1.807, 2.05) is 27.7 Å². The standard InChI is InChI=1S/C17H32N2O4.C13H22N2O4.C3H8.2C2H4N2O2/c1-13(18)7-8-14(20)22-11-6-12-23-15(21)9-10-16(2,3)17(4,5)19;1-10(14)4-6-12(16)18-8-3-9-19-13(17)7-5-11(2)15;1-3-2;2*3-1(5)2(4)6/h18H,6-12,19H2,1-5H3;14-15H,3-9H2,1-2H3;3H2,1-2H3;2*(H2,3,5)(H2,4,6). The fourth-order valence-corrected chi connectivity index (χ4v) is 2.76. The van der Waals surface area contributed by atoms with Gasteiger partial charge in [-0.2, -0.15) is 0 Å². The van der Waals surface area contributed by atoms with Gasteiger partial charge < -0.3 is 63.8 Å². The van der Waals surface area contributed by atoms with E-state index in [4.69, 9.17) is 40.9 Å². The van der Waals surface area contributed by atoms with E-state index in [2.05, 4.69) is 36.8 Å². The van der Waals surface area contributed by atoms with Crippen molar-refractivity contribution < 1.29 is 57.3 Å². The van der Waals surface area contributed by atoms with Crippen LogP contribution in [0.3, 0.4) is 0 Å². The lowest BCUT2D eigenvalue weighted by Crippen LogP contribution is -2.47. The van der Waals surface area contributed by atoms with Gasteiger partial charge in [0, 0.05) is 41.9 Å². The molecular formula is C37H70N8O12. The first-order valence-electron chi connectivity index (χ1n) is 18.3. The highest BCUT2D eigenvalue weighted by molar-refractivity contribution is 6.34. The molecule has 0 radical (unpaired) electrons. The van der Waals surface area contributed by atoms with Crippen molar-refractivity contribution in [2.24, 2.45) is 34.1 Å². The van der Waals surface area contributed by atoms with Crippen LogP contribution in [0.25, 0.3) is 0 Å². The summed E-state index contributed by atoms with van der Waals surface area (Å²) in [4.78, 5) is 83.1. The Morgan fingerprint density at radius 1 is 0.456 bits per heavy atom. The predicted molar refractivity (Wildman–Crippen MR) is 215 cm³/mol. The summed E-state index contributed by atoms with van der Waals surface area (Å²) in [6.07, 6.45) is 5.08. The molecule has 0 aliphatic carbocycles. The fraction of sp³-hybridized carbons (Fsp3) is 0.703. The van der Waals surface area contributed by atoms with Gasteiger partial charge in [0.05, 0.1) is 45.7 Å². The SMILES string of the molecule is CC(=N)CCC(=O)OCCCOC(=O)CCC(C)(C)C(C)(C)N.CC(=N)CCC(=O)OCCCOC(=O)CCC(C)=N.CCC.NC(=O)C(N)=O.NC(=O)C(N)=O. The van der Waals surface area contributed by atoms with Crippen LogP contribution >= 0.6 is 0 Å². The van der Waals surface area contributed by atoms with Crippen molar-refractivity contribution in [3.05, 3.63) is 0 Å². The zero-order chi connectivity index (χ0) is 45.8. The van der Waals surface area contributed by atoms with E-state index in [-0.39, 0.29) is 80.5 Å². The fourth-order valence-electron chi connectivity index (χ4n) is 2.76. The molecule has 0 rings (SSSR count). The summed E-state index contributed by atoms with van der Waals surface area (Å²) in [5, 5.41) is 21.6. The summed E-state index contributed by atoms with van der Waals surface area (Å²) in [5.41, 5.74) is 24.2. The minimum absolute atomic E-state index is 0.158. The van der Waals surface area contributed by atoms with E-state index < -0.39 is 23.6 Å². The normalized spacial score (nSPS) is 9.93. The van der Waals surface area contributed by atoms with Gasteiger partial charge in [0.1, 0.15) is 0 Å². The Labute approximate surface area is 336 Å². The van der Waals surface area contributed by atoms with E-state index in [1.165, 1.54) is 6.42 Å². The van der Waals surface area contributed by atoms with Crippen LogP contribution in [0, 0.1) is 21.6 Å². The van der Waals surface area contributed by atoms with Crippen LogP contribution in [0.15, 0.2) is 0 Å². The summed E-state index contributed by atoms with van der Waals surface area (Å²) in [6.45, 7) is 18.1. The molecule has 0 atom stereocenters. The third-order valence-corrected chi connectivity index (χ3v) is 6.93. The highest BCUT2D eigenvalue weighted by Gasteiger charge is 2.33. The number of rotatable bonds is 21. The molecule has 0 saturated carbocycles. The molecule has 20 heteroatoms. The summed E-state index contributed by atoms with van der Waals surface area (Å²) < 4.78 is 19.9. The Morgan fingerprint density at radius 3 is 0.842 bits per heavy atom. The lowest BCUT2D eigenvalue weighted by molar-refractivity contribution is -0.148. The number of nitrogens with one attached hydrogen (secondary N) is 3. The molecule has 0 aliphatic heterocycles. The average Bonchev–Trinajstić information content (AvgIpc) is 3.08. The van der Waals surface area contributed by atoms with Crippen LogP contribution in [-0.2, 0) is 57.3 Å². The van der Waals surface area contributed by atoms with E-state index in [1.54, 1.807) is 20.8 Å². The minimum Gasteiger partial charge on any atom is -0.466 e. The molecule has 0 spiro atoms. The number of hydrogen-bond donors (Lipinski definition) is 8. The van der Waals surface area contributed by atoms with Gasteiger partial charge in [-0.25, -0.2) is 0 Å². The number of nitrogens with two attached hydrogens (primary N) is 5. The van der Waals surface area contributed by atoms with Crippen LogP contribution in [0.4, 0.5) is 0 Å². The van der Waals surface area contributed by atoms with Gasteiger partial charge >= 0.3 is 47.5 Å². The van der Waals surface area contributed by atoms with Crippen molar-refractivity contribution in [1.82, 2.24) is 0 Å². The van der Waals surface area contributed by atoms with Crippen LogP contribution in [-0.4, -0.2) is 96.6 Å². The maximum absolute atomic E-state index is 11.7.